The minimum Gasteiger partial charge on any atom is -0.453 e. The van der Waals surface area contributed by atoms with E-state index < -0.39 is 59.5 Å². The van der Waals surface area contributed by atoms with E-state index in [9.17, 15) is 13.7 Å². The first-order valence-electron chi connectivity index (χ1n) is 23.0. The van der Waals surface area contributed by atoms with Gasteiger partial charge < -0.3 is 37.3 Å². The molecule has 0 saturated heterocycles. The van der Waals surface area contributed by atoms with Gasteiger partial charge in [0, 0.05) is 32.1 Å². The van der Waals surface area contributed by atoms with Crippen LogP contribution in [0.3, 0.4) is 0 Å². The third kappa shape index (κ3) is 14.5. The van der Waals surface area contributed by atoms with Gasteiger partial charge in [0.25, 0.3) is 28.6 Å². The number of rotatable bonds is 7. The third-order valence-corrected chi connectivity index (χ3v) is 24.9. The van der Waals surface area contributed by atoms with Crippen LogP contribution in [0.4, 0.5) is 0 Å². The van der Waals surface area contributed by atoms with Gasteiger partial charge in [0.15, 0.2) is 7.58 Å². The van der Waals surface area contributed by atoms with Crippen molar-refractivity contribution in [2.45, 2.75) is 0 Å². The van der Waals surface area contributed by atoms with Crippen LogP contribution in [0.25, 0.3) is 45.9 Å². The van der Waals surface area contributed by atoms with Gasteiger partial charge in [0.05, 0.1) is 15.9 Å². The topological polar surface area (TPSA) is 219 Å². The van der Waals surface area contributed by atoms with Crippen LogP contribution in [0, 0.1) is 0 Å². The average molecular weight is 1290 g/mol. The molecule has 28 heteroatoms. The van der Waals surface area contributed by atoms with Crippen LogP contribution in [0.15, 0.2) is 194 Å². The standard InChI is InChI=1S/C24H16O3P2S2.C12H8ClOP.C12H9O2PS.ClH2OP.H2O4P2S.HO3P/c30-28(23-15-7-3-11-19(23)17-9-1-5-13-21(17)25-28)27-29(31)24-16-8-4-12-20(24)18-10-2-6-14-22(18)26-29;13-15-12-8-4-2-6-10(12)9-5-1-3-7-11(9)14-15;13-15(16)12-8-4-2-6-10(12)9-5-1-3-7-11(9)14-15;1-3-2;1-5-7(3,4)6-2;1-4(2)3/h1-16H;1-8H;1-8H,(H,13,16);2-3H;1H,(H,3,4);(H-,1,2,3)/p+1/i;;;2D;;/hD3. The third-order valence-electron chi connectivity index (χ3n) is 10.7. The maximum absolute atomic E-state index is 10.5. The van der Waals surface area contributed by atoms with Gasteiger partial charge in [0.2, 0.25) is 20.8 Å². The summed E-state index contributed by atoms with van der Waals surface area (Å²) in [6.45, 7) is -8.84. The fraction of sp³-hybridized carbons (Fsp3) is 0. The molecule has 14 nitrogen and oxygen atoms in total. The smallest absolute Gasteiger partial charge is 0.453 e. The molecule has 0 aliphatic carbocycles. The zero-order chi connectivity index (χ0) is 57.5. The van der Waals surface area contributed by atoms with Crippen LogP contribution >= 0.6 is 81.1 Å². The Kier molecular flexibility index (Phi) is 19.6. The number of fused-ring (bicyclic) bond motifs is 12. The highest BCUT2D eigenvalue weighted by Crippen LogP contribution is 2.68. The fourth-order valence-electron chi connectivity index (χ4n) is 7.71. The average Bonchev–Trinajstić information content (AvgIpc) is 3.64. The first-order chi connectivity index (χ1) is 38.5. The number of halogens is 2. The molecule has 0 aromatic heterocycles. The summed E-state index contributed by atoms with van der Waals surface area (Å²) < 4.78 is 87.3. The van der Waals surface area contributed by atoms with Gasteiger partial charge in [-0.3, -0.25) is 4.57 Å². The molecule has 6 N–H and O–H groups in total. The Balaban J connectivity index is 0.000000159. The van der Waals surface area contributed by atoms with Crippen LogP contribution in [-0.4, -0.2) is 37.5 Å². The summed E-state index contributed by atoms with van der Waals surface area (Å²) in [6.07, 6.45) is 0. The quantitative estimate of drug-likeness (QED) is 0.0817. The van der Waals surface area contributed by atoms with Crippen molar-refractivity contribution in [3.8, 4) is 67.5 Å². The Hall–Kier alpha value is -3.28. The highest BCUT2D eigenvalue weighted by molar-refractivity contribution is 8.54. The summed E-state index contributed by atoms with van der Waals surface area (Å²) in [5, 5.41) is 3.58. The van der Waals surface area contributed by atoms with Crippen LogP contribution in [-0.2, 0) is 57.9 Å². The zero-order valence-corrected chi connectivity index (χ0v) is 50.3. The van der Waals surface area contributed by atoms with Crippen molar-refractivity contribution in [2.24, 2.45) is 0 Å². The van der Waals surface area contributed by atoms with E-state index in [-0.39, 0.29) is 8.16 Å². The molecule has 0 bridgehead atoms. The summed E-state index contributed by atoms with van der Waals surface area (Å²) in [4.78, 5) is 27.9. The van der Waals surface area contributed by atoms with Gasteiger partial charge in [-0.15, -0.1) is 9.79 Å². The monoisotopic (exact) mass is 1290 g/mol. The summed E-state index contributed by atoms with van der Waals surface area (Å²) in [6, 6.07) is 63.2. The van der Waals surface area contributed by atoms with E-state index in [0.717, 1.165) is 77.4 Å². The molecule has 12 rings (SSSR count). The van der Waals surface area contributed by atoms with Gasteiger partial charge in [-0.1, -0.05) is 157 Å². The summed E-state index contributed by atoms with van der Waals surface area (Å²) in [7, 11) is -8.45. The number of hydrogen-bond acceptors (Lipinski definition) is 15. The highest BCUT2D eigenvalue weighted by Gasteiger charge is 2.43. The van der Waals surface area contributed by atoms with Gasteiger partial charge in [-0.2, -0.15) is 0 Å². The Morgan fingerprint density at radius 3 is 1.36 bits per heavy atom. The molecule has 7 unspecified atom stereocenters. The van der Waals surface area contributed by atoms with Gasteiger partial charge in [-0.25, -0.2) is 8.52 Å². The van der Waals surface area contributed by atoms with E-state index in [1.54, 1.807) is 0 Å². The second-order valence-electron chi connectivity index (χ2n) is 15.2. The molecule has 4 aliphatic rings. The Morgan fingerprint density at radius 1 is 0.592 bits per heavy atom. The lowest BCUT2D eigenvalue weighted by molar-refractivity contribution is 0.405. The van der Waals surface area contributed by atoms with E-state index in [4.69, 9.17) is 95.5 Å². The van der Waals surface area contributed by atoms with E-state index in [1.807, 2.05) is 170 Å². The summed E-state index contributed by atoms with van der Waals surface area (Å²) in [5.41, 5.74) is 8.37. The molecule has 0 spiro atoms. The van der Waals surface area contributed by atoms with Crippen molar-refractivity contribution in [3.05, 3.63) is 194 Å². The van der Waals surface area contributed by atoms with Gasteiger partial charge >= 0.3 is 8.25 Å². The maximum Gasteiger partial charge on any atom is 0.692 e. The van der Waals surface area contributed by atoms with Gasteiger partial charge in [-0.05, 0) is 117 Å². The first kappa shape index (κ1) is 54.7. The SMILES string of the molecule is ClP1Oc2ccccc2-c2ccccc21.OP1(=S)Oc2ccccc2-c2ccccc21.S=P1(OP2(=S)Oc3ccccc3-c3ccccc32)Oc2ccccc2-c2ccccc21.[2H]OP=S(=O)(O[2H])P=O.[2H]OPCl.[2H]O[P+](=O)O. The predicted molar refractivity (Wildman–Crippen MR) is 323 cm³/mol. The van der Waals surface area contributed by atoms with Crippen LogP contribution in [0.2, 0.25) is 0 Å². The second-order valence-corrected chi connectivity index (χ2v) is 34.2. The maximum atomic E-state index is 10.5. The lowest BCUT2D eigenvalue weighted by Gasteiger charge is -2.37. The minimum absolute atomic E-state index is 0.221. The molecule has 0 radical (unpaired) electrons. The van der Waals surface area contributed by atoms with Crippen molar-refractivity contribution >= 4 is 147 Å². The predicted octanol–water partition coefficient (Wildman–Crippen LogP) is 14.1. The Bertz CT molecular complexity index is 3710. The summed E-state index contributed by atoms with van der Waals surface area (Å²) in [5.74, 6) is 3.00. The van der Waals surface area contributed by atoms with Gasteiger partial charge in [0.1, 0.15) is 31.2 Å². The highest BCUT2D eigenvalue weighted by atomic mass is 35.7. The number of hydrogen-bond donors (Lipinski definition) is 6. The molecule has 76 heavy (non-hydrogen) atoms. The van der Waals surface area contributed by atoms with E-state index in [1.165, 1.54) is 5.56 Å². The summed E-state index contributed by atoms with van der Waals surface area (Å²) >= 11 is 28.4. The fourth-order valence-corrected chi connectivity index (χ4v) is 19.9. The van der Waals surface area contributed by atoms with Crippen LogP contribution in [0.1, 0.15) is 0 Å². The second kappa shape index (κ2) is 27.3. The van der Waals surface area contributed by atoms with Crippen LogP contribution in [0.5, 0.6) is 23.0 Å². The van der Waals surface area contributed by atoms with Crippen molar-refractivity contribution in [3.63, 3.8) is 0 Å². The largest absolute Gasteiger partial charge is 0.692 e. The van der Waals surface area contributed by atoms with Crippen molar-refractivity contribution in [2.75, 3.05) is 0 Å². The van der Waals surface area contributed by atoms with E-state index in [2.05, 4.69) is 43.5 Å². The molecule has 7 atom stereocenters. The van der Waals surface area contributed by atoms with E-state index >= 15 is 0 Å². The molecule has 4 aliphatic heterocycles. The lowest BCUT2D eigenvalue weighted by atomic mass is 10.0. The number of para-hydroxylation sites is 4. The molecule has 4 heterocycles. The van der Waals surface area contributed by atoms with Crippen molar-refractivity contribution < 1.29 is 64.8 Å². The molecular weight excluding hydrogens is 1250 g/mol. The Labute approximate surface area is 475 Å². The lowest BCUT2D eigenvalue weighted by Crippen LogP contribution is -2.24. The molecule has 8 aromatic rings. The van der Waals surface area contributed by atoms with Crippen LogP contribution < -0.4 is 39.3 Å². The Morgan fingerprint density at radius 2 is 0.947 bits per heavy atom. The van der Waals surface area contributed by atoms with Crippen molar-refractivity contribution in [1.82, 2.24) is 0 Å². The molecule has 0 saturated carbocycles. The molecule has 8 aromatic carbocycles. The van der Waals surface area contributed by atoms with Crippen molar-refractivity contribution in [1.29, 1.82) is 5.72 Å². The molecule has 0 amide bonds. The molecular formula is C48H39Cl2O14P8S4+. The first-order valence-corrected chi connectivity index (χ1v) is 38.8. The minimum atomic E-state index is -3.27. The molecule has 0 fully saturated rings. The molecule has 392 valence electrons. The van der Waals surface area contributed by atoms with E-state index in [0.29, 0.717) is 5.75 Å². The normalized spacial score (nSPS) is 20.8. The zero-order valence-electron chi connectivity index (χ0n) is 42.3. The number of benzene rings is 8.